The van der Waals surface area contributed by atoms with Gasteiger partial charge in [0.05, 0.1) is 0 Å². The Bertz CT molecular complexity index is 410. The van der Waals surface area contributed by atoms with Gasteiger partial charge in [0.25, 0.3) is 0 Å². The van der Waals surface area contributed by atoms with Gasteiger partial charge in [-0.2, -0.15) is 0 Å². The number of hydrogen-bond donors (Lipinski definition) is 4. The Balaban J connectivity index is 2.73. The lowest BCUT2D eigenvalue weighted by atomic mass is 10.0. The fourth-order valence-electron chi connectivity index (χ4n) is 1.53. The minimum atomic E-state index is -1.25. The highest BCUT2D eigenvalue weighted by atomic mass is 16.3. The number of amides is 2. The zero-order valence-electron chi connectivity index (χ0n) is 9.74. The van der Waals surface area contributed by atoms with E-state index < -0.39 is 24.0 Å². The Labute approximate surface area is 104 Å². The Morgan fingerprint density at radius 1 is 1.00 bits per heavy atom. The molecule has 6 N–H and O–H groups in total. The third-order valence-electron chi connectivity index (χ3n) is 2.51. The van der Waals surface area contributed by atoms with E-state index in [1.165, 1.54) is 0 Å². The summed E-state index contributed by atoms with van der Waals surface area (Å²) in [5.74, 6) is -1.59. The molecule has 1 aromatic carbocycles. The minimum Gasteiger partial charge on any atom is -0.383 e. The number of aliphatic hydroxyl groups is 2. The average Bonchev–Trinajstić information content (AvgIpc) is 2.29. The fraction of sp³-hybridized carbons (Fsp3) is 0.333. The van der Waals surface area contributed by atoms with Crippen LogP contribution >= 0.6 is 0 Å². The molecule has 0 heterocycles. The fourth-order valence-corrected chi connectivity index (χ4v) is 1.53. The van der Waals surface area contributed by atoms with E-state index in [-0.39, 0.29) is 12.8 Å². The van der Waals surface area contributed by atoms with Crippen molar-refractivity contribution in [3.63, 3.8) is 0 Å². The predicted octanol–water partition coefficient (Wildman–Crippen LogP) is -1.54. The summed E-state index contributed by atoms with van der Waals surface area (Å²) in [7, 11) is 0. The lowest BCUT2D eigenvalue weighted by Gasteiger charge is -2.10. The van der Waals surface area contributed by atoms with E-state index in [0.29, 0.717) is 11.1 Å². The van der Waals surface area contributed by atoms with Crippen LogP contribution in [0.3, 0.4) is 0 Å². The van der Waals surface area contributed by atoms with Gasteiger partial charge in [-0.05, 0) is 11.1 Å². The molecule has 18 heavy (non-hydrogen) atoms. The molecule has 0 aromatic heterocycles. The SMILES string of the molecule is NC(=O)C(O)Cc1cccc(CC(O)C(N)=O)c1. The number of hydrogen-bond acceptors (Lipinski definition) is 4. The Hall–Kier alpha value is -1.92. The highest BCUT2D eigenvalue weighted by Crippen LogP contribution is 2.10. The van der Waals surface area contributed by atoms with Crippen LogP contribution in [0.5, 0.6) is 0 Å². The van der Waals surface area contributed by atoms with Crippen molar-refractivity contribution in [1.29, 1.82) is 0 Å². The second kappa shape index (κ2) is 6.13. The van der Waals surface area contributed by atoms with Crippen LogP contribution in [0.1, 0.15) is 11.1 Å². The Morgan fingerprint density at radius 2 is 1.39 bits per heavy atom. The molecular formula is C12H16N2O4. The van der Waals surface area contributed by atoms with Gasteiger partial charge in [0.2, 0.25) is 11.8 Å². The van der Waals surface area contributed by atoms with Gasteiger partial charge in [-0.3, -0.25) is 9.59 Å². The van der Waals surface area contributed by atoms with Crippen LogP contribution in [0.2, 0.25) is 0 Å². The number of primary amides is 2. The van der Waals surface area contributed by atoms with Gasteiger partial charge in [0, 0.05) is 12.8 Å². The van der Waals surface area contributed by atoms with Crippen molar-refractivity contribution in [1.82, 2.24) is 0 Å². The molecule has 0 bridgehead atoms. The number of aliphatic hydroxyl groups excluding tert-OH is 2. The van der Waals surface area contributed by atoms with Gasteiger partial charge in [-0.15, -0.1) is 0 Å². The Morgan fingerprint density at radius 3 is 1.72 bits per heavy atom. The van der Waals surface area contributed by atoms with Crippen LogP contribution in [-0.4, -0.2) is 34.2 Å². The minimum absolute atomic E-state index is 0.0931. The maximum absolute atomic E-state index is 10.7. The molecule has 2 atom stereocenters. The maximum Gasteiger partial charge on any atom is 0.246 e. The Kier molecular flexibility index (Phi) is 4.82. The molecular weight excluding hydrogens is 236 g/mol. The molecule has 2 amide bonds. The molecule has 0 spiro atoms. The van der Waals surface area contributed by atoms with Crippen LogP contribution in [-0.2, 0) is 22.4 Å². The van der Waals surface area contributed by atoms with Gasteiger partial charge in [-0.1, -0.05) is 24.3 Å². The largest absolute Gasteiger partial charge is 0.383 e. The number of benzene rings is 1. The van der Waals surface area contributed by atoms with Crippen molar-refractivity contribution >= 4 is 11.8 Å². The summed E-state index contributed by atoms with van der Waals surface area (Å²) in [6.07, 6.45) is -2.31. The van der Waals surface area contributed by atoms with E-state index in [4.69, 9.17) is 11.5 Å². The zero-order chi connectivity index (χ0) is 13.7. The monoisotopic (exact) mass is 252 g/mol. The number of carbonyl (C=O) groups is 2. The van der Waals surface area contributed by atoms with Gasteiger partial charge in [-0.25, -0.2) is 0 Å². The van der Waals surface area contributed by atoms with Crippen molar-refractivity contribution < 1.29 is 19.8 Å². The van der Waals surface area contributed by atoms with Crippen LogP contribution in [0.25, 0.3) is 0 Å². The normalized spacial score (nSPS) is 13.9. The highest BCUT2D eigenvalue weighted by molar-refractivity contribution is 5.79. The first-order valence-electron chi connectivity index (χ1n) is 5.42. The summed E-state index contributed by atoms with van der Waals surface area (Å²) < 4.78 is 0. The lowest BCUT2D eigenvalue weighted by Crippen LogP contribution is -2.30. The molecule has 0 aliphatic rings. The predicted molar refractivity (Wildman–Crippen MR) is 64.3 cm³/mol. The standard InChI is InChI=1S/C12H16N2O4/c13-11(17)9(15)5-7-2-1-3-8(4-7)6-10(16)12(14)18/h1-4,9-10,15-16H,5-6H2,(H2,13,17)(H2,14,18). The third-order valence-corrected chi connectivity index (χ3v) is 2.51. The molecule has 0 saturated carbocycles. The van der Waals surface area contributed by atoms with Crippen molar-refractivity contribution in [2.45, 2.75) is 25.0 Å². The summed E-state index contributed by atoms with van der Waals surface area (Å²) in [6.45, 7) is 0. The topological polar surface area (TPSA) is 127 Å². The van der Waals surface area contributed by atoms with Gasteiger partial charge < -0.3 is 21.7 Å². The van der Waals surface area contributed by atoms with Gasteiger partial charge in [0.15, 0.2) is 0 Å². The second-order valence-electron chi connectivity index (χ2n) is 4.06. The second-order valence-corrected chi connectivity index (χ2v) is 4.06. The summed E-state index contributed by atoms with van der Waals surface area (Å²) in [5, 5.41) is 18.7. The van der Waals surface area contributed by atoms with E-state index >= 15 is 0 Å². The molecule has 6 heteroatoms. The maximum atomic E-state index is 10.7. The smallest absolute Gasteiger partial charge is 0.246 e. The molecule has 1 rings (SSSR count). The first kappa shape index (κ1) is 14.1. The van der Waals surface area contributed by atoms with E-state index in [9.17, 15) is 19.8 Å². The van der Waals surface area contributed by atoms with Crippen LogP contribution < -0.4 is 11.5 Å². The molecule has 6 nitrogen and oxygen atoms in total. The molecule has 0 aliphatic carbocycles. The molecule has 0 saturated heterocycles. The quantitative estimate of drug-likeness (QED) is 0.489. The molecule has 2 unspecified atom stereocenters. The van der Waals surface area contributed by atoms with Gasteiger partial charge >= 0.3 is 0 Å². The number of nitrogens with two attached hydrogens (primary N) is 2. The molecule has 0 fully saturated rings. The van der Waals surface area contributed by atoms with E-state index in [0.717, 1.165) is 0 Å². The first-order valence-corrected chi connectivity index (χ1v) is 5.42. The van der Waals surface area contributed by atoms with Crippen LogP contribution in [0.4, 0.5) is 0 Å². The van der Waals surface area contributed by atoms with E-state index in [1.807, 2.05) is 0 Å². The molecule has 98 valence electrons. The van der Waals surface area contributed by atoms with Crippen molar-refractivity contribution in [2.24, 2.45) is 11.5 Å². The number of carbonyl (C=O) groups excluding carboxylic acids is 2. The highest BCUT2D eigenvalue weighted by Gasteiger charge is 2.14. The summed E-state index contributed by atoms with van der Waals surface area (Å²) in [5.41, 5.74) is 11.3. The lowest BCUT2D eigenvalue weighted by molar-refractivity contribution is -0.126. The van der Waals surface area contributed by atoms with E-state index in [2.05, 4.69) is 0 Å². The average molecular weight is 252 g/mol. The van der Waals surface area contributed by atoms with Crippen LogP contribution in [0, 0.1) is 0 Å². The van der Waals surface area contributed by atoms with Gasteiger partial charge in [0.1, 0.15) is 12.2 Å². The number of rotatable bonds is 6. The zero-order valence-corrected chi connectivity index (χ0v) is 9.74. The molecule has 1 aromatic rings. The molecule has 0 aliphatic heterocycles. The van der Waals surface area contributed by atoms with Crippen molar-refractivity contribution in [3.05, 3.63) is 35.4 Å². The third kappa shape index (κ3) is 4.15. The summed E-state index contributed by atoms with van der Waals surface area (Å²) in [6, 6.07) is 6.81. The van der Waals surface area contributed by atoms with E-state index in [1.54, 1.807) is 24.3 Å². The summed E-state index contributed by atoms with van der Waals surface area (Å²) in [4.78, 5) is 21.5. The van der Waals surface area contributed by atoms with Crippen molar-refractivity contribution in [3.8, 4) is 0 Å². The summed E-state index contributed by atoms with van der Waals surface area (Å²) >= 11 is 0. The first-order chi connectivity index (χ1) is 8.40. The van der Waals surface area contributed by atoms with Crippen molar-refractivity contribution in [2.75, 3.05) is 0 Å². The molecule has 0 radical (unpaired) electrons. The van der Waals surface area contributed by atoms with Crippen LogP contribution in [0.15, 0.2) is 24.3 Å².